The summed E-state index contributed by atoms with van der Waals surface area (Å²) in [6.45, 7) is 0. The molecule has 0 spiro atoms. The zero-order valence-corrected chi connectivity index (χ0v) is 10.8. The highest BCUT2D eigenvalue weighted by molar-refractivity contribution is 5.62. The van der Waals surface area contributed by atoms with Gasteiger partial charge in [-0.05, 0) is 11.1 Å². The summed E-state index contributed by atoms with van der Waals surface area (Å²) in [5, 5.41) is 0. The summed E-state index contributed by atoms with van der Waals surface area (Å²) in [5.74, 6) is 0. The highest BCUT2D eigenvalue weighted by Crippen LogP contribution is 2.17. The van der Waals surface area contributed by atoms with Gasteiger partial charge < -0.3 is 10.2 Å². The number of hydrogen-bond acceptors (Lipinski definition) is 4. The summed E-state index contributed by atoms with van der Waals surface area (Å²) in [7, 11) is 0. The summed E-state index contributed by atoms with van der Waals surface area (Å²) in [4.78, 5) is 13.5. The molecule has 100 valence electrons. The summed E-state index contributed by atoms with van der Waals surface area (Å²) >= 11 is 0. The third-order valence-electron chi connectivity index (χ3n) is 2.50. The number of hydrogen-bond donors (Lipinski definition) is 1. The van der Waals surface area contributed by atoms with Crippen LogP contribution in [0.5, 0.6) is 0 Å². The SMILES string of the molecule is Nc1nc(=O)cco1.c1ccc(-c2ccccc2)cc1. The number of anilines is 1. The minimum Gasteiger partial charge on any atom is -0.434 e. The van der Waals surface area contributed by atoms with Crippen molar-refractivity contribution in [3.63, 3.8) is 0 Å². The van der Waals surface area contributed by atoms with E-state index in [1.165, 1.54) is 23.5 Å². The Bertz CT molecular complexity index is 657. The summed E-state index contributed by atoms with van der Waals surface area (Å²) in [6, 6.07) is 21.9. The molecule has 3 aromatic rings. The number of nitrogen functional groups attached to an aromatic ring is 1. The largest absolute Gasteiger partial charge is 0.434 e. The molecule has 0 aliphatic rings. The van der Waals surface area contributed by atoms with E-state index in [0.29, 0.717) is 0 Å². The first-order valence-electron chi connectivity index (χ1n) is 6.07. The van der Waals surface area contributed by atoms with Gasteiger partial charge in [0.1, 0.15) is 6.26 Å². The van der Waals surface area contributed by atoms with Gasteiger partial charge in [0.15, 0.2) is 0 Å². The van der Waals surface area contributed by atoms with Crippen molar-refractivity contribution in [2.45, 2.75) is 0 Å². The van der Waals surface area contributed by atoms with E-state index in [4.69, 9.17) is 5.73 Å². The van der Waals surface area contributed by atoms with Crippen LogP contribution < -0.4 is 11.3 Å². The molecule has 3 rings (SSSR count). The lowest BCUT2D eigenvalue weighted by Crippen LogP contribution is -2.04. The second-order valence-corrected chi connectivity index (χ2v) is 3.94. The number of aromatic nitrogens is 1. The third kappa shape index (κ3) is 4.10. The van der Waals surface area contributed by atoms with Gasteiger partial charge in [-0.3, -0.25) is 4.79 Å². The Labute approximate surface area is 116 Å². The zero-order valence-electron chi connectivity index (χ0n) is 10.8. The average Bonchev–Trinajstić information content (AvgIpc) is 2.49. The van der Waals surface area contributed by atoms with Crippen LogP contribution in [0.4, 0.5) is 6.01 Å². The molecule has 0 radical (unpaired) electrons. The van der Waals surface area contributed by atoms with Crippen molar-refractivity contribution in [2.75, 3.05) is 5.73 Å². The molecule has 2 aromatic carbocycles. The molecule has 0 saturated carbocycles. The molecule has 20 heavy (non-hydrogen) atoms. The van der Waals surface area contributed by atoms with E-state index in [1.54, 1.807) is 0 Å². The molecular formula is C16H14N2O2. The fourth-order valence-electron chi connectivity index (χ4n) is 1.60. The van der Waals surface area contributed by atoms with Gasteiger partial charge in [0.25, 0.3) is 11.6 Å². The Morgan fingerprint density at radius 3 is 1.65 bits per heavy atom. The second-order valence-electron chi connectivity index (χ2n) is 3.94. The van der Waals surface area contributed by atoms with Crippen LogP contribution in [0, 0.1) is 0 Å². The van der Waals surface area contributed by atoms with Crippen molar-refractivity contribution in [2.24, 2.45) is 0 Å². The topological polar surface area (TPSA) is 69.1 Å². The lowest BCUT2D eigenvalue weighted by atomic mass is 10.1. The van der Waals surface area contributed by atoms with E-state index in [0.717, 1.165) is 0 Å². The van der Waals surface area contributed by atoms with Crippen LogP contribution in [-0.2, 0) is 0 Å². The fraction of sp³-hybridized carbons (Fsp3) is 0. The lowest BCUT2D eigenvalue weighted by Gasteiger charge is -1.98. The first kappa shape index (κ1) is 13.5. The van der Waals surface area contributed by atoms with E-state index in [1.807, 2.05) is 12.1 Å². The van der Waals surface area contributed by atoms with Crippen molar-refractivity contribution < 1.29 is 4.42 Å². The predicted molar refractivity (Wildman–Crippen MR) is 79.1 cm³/mol. The van der Waals surface area contributed by atoms with Crippen molar-refractivity contribution >= 4 is 6.01 Å². The number of rotatable bonds is 1. The number of nitrogens with zero attached hydrogens (tertiary/aromatic N) is 1. The summed E-state index contributed by atoms with van der Waals surface area (Å²) in [6.07, 6.45) is 1.20. The standard InChI is InChI=1S/C12H10.C4H4N2O2/c1-3-7-11(8-4-1)12-9-5-2-6-10-12;5-4-6-3(7)1-2-8-4/h1-10H;1-2H,(H2,5,6,7). The molecule has 0 unspecified atom stereocenters. The van der Waals surface area contributed by atoms with E-state index < -0.39 is 0 Å². The Kier molecular flexibility index (Phi) is 4.67. The van der Waals surface area contributed by atoms with Crippen molar-refractivity contribution in [3.05, 3.63) is 83.3 Å². The smallest absolute Gasteiger partial charge is 0.295 e. The molecule has 1 heterocycles. The van der Waals surface area contributed by atoms with Crippen LogP contribution in [0.1, 0.15) is 0 Å². The van der Waals surface area contributed by atoms with Crippen molar-refractivity contribution in [1.29, 1.82) is 0 Å². The monoisotopic (exact) mass is 266 g/mol. The Morgan fingerprint density at radius 1 is 0.800 bits per heavy atom. The van der Waals surface area contributed by atoms with Crippen LogP contribution >= 0.6 is 0 Å². The second kappa shape index (κ2) is 6.89. The predicted octanol–water partition coefficient (Wildman–Crippen LogP) is 2.97. The normalized spacial score (nSPS) is 9.40. The minimum atomic E-state index is -0.381. The molecule has 0 saturated heterocycles. The van der Waals surface area contributed by atoms with Crippen molar-refractivity contribution in [3.8, 4) is 11.1 Å². The Balaban J connectivity index is 0.000000160. The maximum atomic E-state index is 10.2. The van der Waals surface area contributed by atoms with Crippen LogP contribution in [0.25, 0.3) is 11.1 Å². The van der Waals surface area contributed by atoms with Gasteiger partial charge in [-0.15, -0.1) is 0 Å². The van der Waals surface area contributed by atoms with Crippen LogP contribution in [0.2, 0.25) is 0 Å². The van der Waals surface area contributed by atoms with Gasteiger partial charge in [-0.2, -0.15) is 4.98 Å². The van der Waals surface area contributed by atoms with E-state index in [-0.39, 0.29) is 11.6 Å². The Hall–Kier alpha value is -2.88. The lowest BCUT2D eigenvalue weighted by molar-refractivity contribution is 0.548. The van der Waals surface area contributed by atoms with Gasteiger partial charge >= 0.3 is 0 Å². The van der Waals surface area contributed by atoms with E-state index in [2.05, 4.69) is 57.9 Å². The molecule has 4 heteroatoms. The molecule has 0 fully saturated rings. The molecule has 0 aliphatic carbocycles. The summed E-state index contributed by atoms with van der Waals surface area (Å²) < 4.78 is 4.47. The molecule has 0 atom stereocenters. The molecule has 4 nitrogen and oxygen atoms in total. The van der Waals surface area contributed by atoms with Gasteiger partial charge in [0.05, 0.1) is 0 Å². The quantitative estimate of drug-likeness (QED) is 0.735. The van der Waals surface area contributed by atoms with Gasteiger partial charge in [-0.25, -0.2) is 0 Å². The maximum Gasteiger partial charge on any atom is 0.295 e. The first-order chi connectivity index (χ1) is 9.75. The molecular weight excluding hydrogens is 252 g/mol. The van der Waals surface area contributed by atoms with Crippen LogP contribution in [0.3, 0.4) is 0 Å². The number of nitrogens with two attached hydrogens (primary N) is 1. The Morgan fingerprint density at radius 2 is 1.30 bits per heavy atom. The number of benzene rings is 2. The van der Waals surface area contributed by atoms with Gasteiger partial charge in [-0.1, -0.05) is 60.7 Å². The van der Waals surface area contributed by atoms with E-state index >= 15 is 0 Å². The van der Waals surface area contributed by atoms with E-state index in [9.17, 15) is 4.79 Å². The third-order valence-corrected chi connectivity index (χ3v) is 2.50. The molecule has 1 aromatic heterocycles. The highest BCUT2D eigenvalue weighted by atomic mass is 16.3. The zero-order chi connectivity index (χ0) is 14.2. The maximum absolute atomic E-state index is 10.2. The molecule has 0 bridgehead atoms. The molecule has 0 amide bonds. The molecule has 0 aliphatic heterocycles. The van der Waals surface area contributed by atoms with Crippen molar-refractivity contribution in [1.82, 2.24) is 4.98 Å². The average molecular weight is 266 g/mol. The summed E-state index contributed by atoms with van der Waals surface area (Å²) in [5.41, 5.74) is 7.15. The van der Waals surface area contributed by atoms with Gasteiger partial charge in [0.2, 0.25) is 0 Å². The van der Waals surface area contributed by atoms with Crippen LogP contribution in [0.15, 0.2) is 82.2 Å². The van der Waals surface area contributed by atoms with Gasteiger partial charge in [0, 0.05) is 6.07 Å². The van der Waals surface area contributed by atoms with Crippen LogP contribution in [-0.4, -0.2) is 4.98 Å². The first-order valence-corrected chi connectivity index (χ1v) is 6.07. The minimum absolute atomic E-state index is 0.0995. The molecule has 2 N–H and O–H groups in total. The highest BCUT2D eigenvalue weighted by Gasteiger charge is 1.91. The fourth-order valence-corrected chi connectivity index (χ4v) is 1.60.